The number of ketones is 1. The monoisotopic (exact) mass is 375 g/mol. The highest BCUT2D eigenvalue weighted by Gasteiger charge is 2.51. The first-order chi connectivity index (χ1) is 13.4. The van der Waals surface area contributed by atoms with Gasteiger partial charge >= 0.3 is 0 Å². The third kappa shape index (κ3) is 3.04. The summed E-state index contributed by atoms with van der Waals surface area (Å²) in [5.41, 5.74) is 1.25. The molecule has 1 aliphatic heterocycles. The van der Waals surface area contributed by atoms with E-state index < -0.39 is 17.3 Å². The fourth-order valence-electron chi connectivity index (χ4n) is 3.61. The number of fused-ring (bicyclic) bond motifs is 1. The molecule has 0 unspecified atom stereocenters. The Morgan fingerprint density at radius 3 is 2.43 bits per heavy atom. The number of benzene rings is 2. The molecule has 5 nitrogen and oxygen atoms in total. The van der Waals surface area contributed by atoms with E-state index in [0.29, 0.717) is 23.6 Å². The largest absolute Gasteiger partial charge is 0.458 e. The molecule has 0 bridgehead atoms. The van der Waals surface area contributed by atoms with Crippen molar-refractivity contribution >= 4 is 17.4 Å². The molecule has 0 spiro atoms. The summed E-state index contributed by atoms with van der Waals surface area (Å²) in [5.74, 6) is -0.149. The number of carbonyl (C=O) groups is 2. The van der Waals surface area contributed by atoms with Gasteiger partial charge in [0.2, 0.25) is 5.78 Å². The van der Waals surface area contributed by atoms with Gasteiger partial charge in [-0.25, -0.2) is 0 Å². The zero-order valence-electron chi connectivity index (χ0n) is 15.8. The molecule has 0 aliphatic carbocycles. The van der Waals surface area contributed by atoms with Crippen LogP contribution in [0.4, 0.5) is 5.69 Å². The van der Waals surface area contributed by atoms with Gasteiger partial charge in [0.1, 0.15) is 5.76 Å². The van der Waals surface area contributed by atoms with Crippen molar-refractivity contribution < 1.29 is 19.1 Å². The first-order valence-electron chi connectivity index (χ1n) is 9.17. The zero-order valence-corrected chi connectivity index (χ0v) is 15.8. The lowest BCUT2D eigenvalue weighted by molar-refractivity contribution is -0.136. The van der Waals surface area contributed by atoms with Crippen molar-refractivity contribution in [2.45, 2.75) is 32.4 Å². The minimum Gasteiger partial charge on any atom is -0.458 e. The molecule has 1 aliphatic rings. The first-order valence-corrected chi connectivity index (χ1v) is 9.17. The van der Waals surface area contributed by atoms with E-state index in [-0.39, 0.29) is 12.2 Å². The van der Waals surface area contributed by atoms with Crippen LogP contribution < -0.4 is 4.90 Å². The zero-order chi connectivity index (χ0) is 19.9. The average Bonchev–Trinajstić information content (AvgIpc) is 3.20. The van der Waals surface area contributed by atoms with Crippen LogP contribution in [0.1, 0.15) is 39.4 Å². The van der Waals surface area contributed by atoms with Gasteiger partial charge in [0.15, 0.2) is 11.4 Å². The quantitative estimate of drug-likeness (QED) is 0.687. The number of aryl methyl sites for hydroxylation is 2. The van der Waals surface area contributed by atoms with Crippen molar-refractivity contribution in [2.75, 3.05) is 4.90 Å². The lowest BCUT2D eigenvalue weighted by Crippen LogP contribution is -2.41. The Morgan fingerprint density at radius 1 is 1.04 bits per heavy atom. The SMILES string of the molecule is Cc1ccc(CN2C(=O)[C@](O)(CC(=O)c3ccc(C)o3)c3ccccc32)cc1. The van der Waals surface area contributed by atoms with Gasteiger partial charge < -0.3 is 14.4 Å². The van der Waals surface area contributed by atoms with Crippen molar-refractivity contribution in [3.8, 4) is 0 Å². The van der Waals surface area contributed by atoms with Crippen LogP contribution >= 0.6 is 0 Å². The number of Topliss-reactive ketones (excluding diaryl/α,β-unsaturated/α-hetero) is 1. The lowest BCUT2D eigenvalue weighted by Gasteiger charge is -2.22. The average molecular weight is 375 g/mol. The number of para-hydroxylation sites is 1. The molecule has 1 amide bonds. The van der Waals surface area contributed by atoms with Crippen LogP contribution in [-0.4, -0.2) is 16.8 Å². The number of hydrogen-bond acceptors (Lipinski definition) is 4. The molecule has 2 aromatic carbocycles. The van der Waals surface area contributed by atoms with Crippen molar-refractivity contribution in [3.05, 3.63) is 88.9 Å². The van der Waals surface area contributed by atoms with Crippen molar-refractivity contribution in [1.29, 1.82) is 0 Å². The first kappa shape index (κ1) is 18.2. The fourth-order valence-corrected chi connectivity index (χ4v) is 3.61. The van der Waals surface area contributed by atoms with Crippen LogP contribution in [0.2, 0.25) is 0 Å². The summed E-state index contributed by atoms with van der Waals surface area (Å²) in [4.78, 5) is 27.4. The second-order valence-corrected chi connectivity index (χ2v) is 7.26. The Morgan fingerprint density at radius 2 is 1.75 bits per heavy atom. The Balaban J connectivity index is 1.67. The smallest absolute Gasteiger partial charge is 0.264 e. The standard InChI is InChI=1S/C23H21NO4/c1-15-7-10-17(11-8-15)14-24-19-6-4-3-5-18(19)23(27,22(24)26)13-20(25)21-12-9-16(2)28-21/h3-12,27H,13-14H2,1-2H3/t23-/m0/s1. The minimum atomic E-state index is -1.90. The van der Waals surface area contributed by atoms with Gasteiger partial charge in [-0.15, -0.1) is 0 Å². The Labute approximate surface area is 163 Å². The summed E-state index contributed by atoms with van der Waals surface area (Å²) >= 11 is 0. The molecule has 0 radical (unpaired) electrons. The highest BCUT2D eigenvalue weighted by molar-refractivity contribution is 6.10. The molecular formula is C23H21NO4. The molecular weight excluding hydrogens is 354 g/mol. The Kier molecular flexibility index (Phi) is 4.40. The summed E-state index contributed by atoms with van der Waals surface area (Å²) in [7, 11) is 0. The molecule has 2 heterocycles. The summed E-state index contributed by atoms with van der Waals surface area (Å²) in [6.45, 7) is 4.07. The summed E-state index contributed by atoms with van der Waals surface area (Å²) in [6.07, 6.45) is -0.361. The number of carbonyl (C=O) groups excluding carboxylic acids is 2. The van der Waals surface area contributed by atoms with Crippen LogP contribution in [-0.2, 0) is 16.9 Å². The van der Waals surface area contributed by atoms with Crippen LogP contribution in [0.25, 0.3) is 0 Å². The Bertz CT molecular complexity index is 1050. The van der Waals surface area contributed by atoms with Gasteiger partial charge in [0, 0.05) is 5.56 Å². The van der Waals surface area contributed by atoms with Crippen LogP contribution in [0.3, 0.4) is 0 Å². The molecule has 1 N–H and O–H groups in total. The van der Waals surface area contributed by atoms with E-state index in [1.165, 1.54) is 0 Å². The van der Waals surface area contributed by atoms with Gasteiger partial charge in [-0.3, -0.25) is 9.59 Å². The van der Waals surface area contributed by atoms with Crippen molar-refractivity contribution in [2.24, 2.45) is 0 Å². The molecule has 0 saturated heterocycles. The summed E-state index contributed by atoms with van der Waals surface area (Å²) in [6, 6.07) is 18.2. The molecule has 1 atom stereocenters. The molecule has 3 aromatic rings. The Hall–Kier alpha value is -3.18. The van der Waals surface area contributed by atoms with Gasteiger partial charge in [0.05, 0.1) is 18.7 Å². The van der Waals surface area contributed by atoms with Crippen LogP contribution in [0.15, 0.2) is 65.1 Å². The topological polar surface area (TPSA) is 70.8 Å². The van der Waals surface area contributed by atoms with E-state index in [9.17, 15) is 14.7 Å². The second kappa shape index (κ2) is 6.77. The third-order valence-electron chi connectivity index (χ3n) is 5.13. The third-order valence-corrected chi connectivity index (χ3v) is 5.13. The maximum Gasteiger partial charge on any atom is 0.264 e. The number of nitrogens with zero attached hydrogens (tertiary/aromatic N) is 1. The normalized spacial score (nSPS) is 18.4. The molecule has 5 heteroatoms. The number of aliphatic hydroxyl groups is 1. The maximum absolute atomic E-state index is 13.2. The lowest BCUT2D eigenvalue weighted by atomic mass is 9.89. The van der Waals surface area contributed by atoms with E-state index >= 15 is 0 Å². The number of amides is 1. The van der Waals surface area contributed by atoms with E-state index in [4.69, 9.17) is 4.42 Å². The predicted octanol–water partition coefficient (Wildman–Crippen LogP) is 3.90. The van der Waals surface area contributed by atoms with E-state index in [1.807, 2.05) is 37.3 Å². The molecule has 4 rings (SSSR count). The second-order valence-electron chi connectivity index (χ2n) is 7.26. The van der Waals surface area contributed by atoms with Crippen LogP contribution in [0.5, 0.6) is 0 Å². The number of rotatable bonds is 5. The summed E-state index contributed by atoms with van der Waals surface area (Å²) < 4.78 is 5.37. The number of anilines is 1. The van der Waals surface area contributed by atoms with E-state index in [2.05, 4.69) is 0 Å². The predicted molar refractivity (Wildman–Crippen MR) is 105 cm³/mol. The molecule has 28 heavy (non-hydrogen) atoms. The van der Waals surface area contributed by atoms with E-state index in [0.717, 1.165) is 11.1 Å². The van der Waals surface area contributed by atoms with Gasteiger partial charge in [-0.1, -0.05) is 48.0 Å². The summed E-state index contributed by atoms with van der Waals surface area (Å²) in [5, 5.41) is 11.3. The van der Waals surface area contributed by atoms with Gasteiger partial charge in [-0.05, 0) is 37.6 Å². The molecule has 142 valence electrons. The van der Waals surface area contributed by atoms with Gasteiger partial charge in [0.25, 0.3) is 5.91 Å². The highest BCUT2D eigenvalue weighted by atomic mass is 16.3. The highest BCUT2D eigenvalue weighted by Crippen LogP contribution is 2.43. The van der Waals surface area contributed by atoms with Gasteiger partial charge in [-0.2, -0.15) is 0 Å². The minimum absolute atomic E-state index is 0.146. The van der Waals surface area contributed by atoms with Crippen LogP contribution in [0, 0.1) is 13.8 Å². The number of hydrogen-bond donors (Lipinski definition) is 1. The molecule has 0 saturated carbocycles. The maximum atomic E-state index is 13.2. The fraction of sp³-hybridized carbons (Fsp3) is 0.217. The molecule has 0 fully saturated rings. The van der Waals surface area contributed by atoms with Crippen molar-refractivity contribution in [1.82, 2.24) is 0 Å². The molecule has 1 aromatic heterocycles. The van der Waals surface area contributed by atoms with E-state index in [1.54, 1.807) is 42.2 Å². The van der Waals surface area contributed by atoms with Crippen molar-refractivity contribution in [3.63, 3.8) is 0 Å². The number of furan rings is 1.